The van der Waals surface area contributed by atoms with Crippen molar-refractivity contribution in [3.63, 3.8) is 0 Å². The molecular formula is C14H19ClFN. The molecule has 2 rings (SSSR count). The Kier molecular flexibility index (Phi) is 4.05. The Labute approximate surface area is 107 Å². The van der Waals surface area contributed by atoms with Crippen molar-refractivity contribution in [1.29, 1.82) is 0 Å². The monoisotopic (exact) mass is 255 g/mol. The number of halogens is 2. The molecule has 0 atom stereocenters. The molecular weight excluding hydrogens is 237 g/mol. The number of rotatable bonds is 4. The van der Waals surface area contributed by atoms with Crippen LogP contribution in [0.2, 0.25) is 5.02 Å². The predicted octanol–water partition coefficient (Wildman–Crippen LogP) is 4.15. The third-order valence-electron chi connectivity index (χ3n) is 3.69. The zero-order valence-electron chi connectivity index (χ0n) is 10.2. The van der Waals surface area contributed by atoms with Crippen LogP contribution >= 0.6 is 11.6 Å². The van der Waals surface area contributed by atoms with Gasteiger partial charge in [0.1, 0.15) is 5.82 Å². The molecule has 1 nitrogen and oxygen atoms in total. The number of nitrogens with one attached hydrogen (secondary N) is 1. The Morgan fingerprint density at radius 3 is 2.76 bits per heavy atom. The molecule has 94 valence electrons. The second-order valence-corrected chi connectivity index (χ2v) is 5.76. The summed E-state index contributed by atoms with van der Waals surface area (Å²) in [5.74, 6) is -0.224. The van der Waals surface area contributed by atoms with Crippen LogP contribution in [0.15, 0.2) is 18.2 Å². The lowest BCUT2D eigenvalue weighted by molar-refractivity contribution is 0.314. The molecule has 0 aliphatic heterocycles. The summed E-state index contributed by atoms with van der Waals surface area (Å²) in [6.07, 6.45) is 5.24. The van der Waals surface area contributed by atoms with E-state index < -0.39 is 0 Å². The van der Waals surface area contributed by atoms with Crippen LogP contribution in [-0.4, -0.2) is 6.54 Å². The standard InChI is InChI=1S/C14H19ClFN/c1-14(6-2-3-7-14)10-17-9-11-8-12(16)4-5-13(11)15/h4-5,8,17H,2-3,6-7,9-10H2,1H3. The maximum Gasteiger partial charge on any atom is 0.123 e. The Morgan fingerprint density at radius 2 is 2.06 bits per heavy atom. The fourth-order valence-electron chi connectivity index (χ4n) is 2.58. The van der Waals surface area contributed by atoms with Crippen LogP contribution in [0.5, 0.6) is 0 Å². The van der Waals surface area contributed by atoms with E-state index in [0.29, 0.717) is 17.0 Å². The number of hydrogen-bond donors (Lipinski definition) is 1. The molecule has 0 saturated heterocycles. The van der Waals surface area contributed by atoms with Gasteiger partial charge in [-0.25, -0.2) is 4.39 Å². The van der Waals surface area contributed by atoms with Crippen molar-refractivity contribution in [2.24, 2.45) is 5.41 Å². The summed E-state index contributed by atoms with van der Waals surface area (Å²) in [5.41, 5.74) is 1.26. The summed E-state index contributed by atoms with van der Waals surface area (Å²) in [4.78, 5) is 0. The van der Waals surface area contributed by atoms with Crippen molar-refractivity contribution in [3.05, 3.63) is 34.6 Å². The molecule has 17 heavy (non-hydrogen) atoms. The van der Waals surface area contributed by atoms with E-state index in [1.165, 1.54) is 37.8 Å². The third kappa shape index (κ3) is 3.43. The molecule has 1 aromatic carbocycles. The van der Waals surface area contributed by atoms with E-state index in [2.05, 4.69) is 12.2 Å². The van der Waals surface area contributed by atoms with E-state index in [9.17, 15) is 4.39 Å². The van der Waals surface area contributed by atoms with E-state index >= 15 is 0 Å². The van der Waals surface area contributed by atoms with Crippen LogP contribution in [0, 0.1) is 11.2 Å². The van der Waals surface area contributed by atoms with Gasteiger partial charge in [0, 0.05) is 18.1 Å². The van der Waals surface area contributed by atoms with E-state index in [1.807, 2.05) is 0 Å². The molecule has 0 unspecified atom stereocenters. The van der Waals surface area contributed by atoms with Crippen molar-refractivity contribution < 1.29 is 4.39 Å². The minimum absolute atomic E-state index is 0.224. The molecule has 1 aliphatic rings. The molecule has 0 aromatic heterocycles. The SMILES string of the molecule is CC1(CNCc2cc(F)ccc2Cl)CCCC1. The van der Waals surface area contributed by atoms with Gasteiger partial charge in [0.25, 0.3) is 0 Å². The first kappa shape index (κ1) is 12.8. The smallest absolute Gasteiger partial charge is 0.123 e. The van der Waals surface area contributed by atoms with Gasteiger partial charge in [-0.3, -0.25) is 0 Å². The van der Waals surface area contributed by atoms with Gasteiger partial charge in [0.2, 0.25) is 0 Å². The number of benzene rings is 1. The molecule has 0 heterocycles. The molecule has 1 aliphatic carbocycles. The summed E-state index contributed by atoms with van der Waals surface area (Å²) >= 11 is 6.02. The second kappa shape index (κ2) is 5.36. The van der Waals surface area contributed by atoms with Gasteiger partial charge in [0.05, 0.1) is 0 Å². The highest BCUT2D eigenvalue weighted by atomic mass is 35.5. The molecule has 0 amide bonds. The quantitative estimate of drug-likeness (QED) is 0.852. The van der Waals surface area contributed by atoms with Crippen molar-refractivity contribution in [2.75, 3.05) is 6.54 Å². The van der Waals surface area contributed by atoms with Gasteiger partial charge in [-0.05, 0) is 42.0 Å². The highest BCUT2D eigenvalue weighted by Crippen LogP contribution is 2.36. The highest BCUT2D eigenvalue weighted by molar-refractivity contribution is 6.31. The molecule has 0 radical (unpaired) electrons. The van der Waals surface area contributed by atoms with Gasteiger partial charge in [-0.2, -0.15) is 0 Å². The molecule has 3 heteroatoms. The van der Waals surface area contributed by atoms with Crippen molar-refractivity contribution in [2.45, 2.75) is 39.2 Å². The first-order chi connectivity index (χ1) is 8.09. The lowest BCUT2D eigenvalue weighted by Crippen LogP contribution is -2.29. The molecule has 1 saturated carbocycles. The fourth-order valence-corrected chi connectivity index (χ4v) is 2.77. The summed E-state index contributed by atoms with van der Waals surface area (Å²) in [6.45, 7) is 3.95. The zero-order valence-corrected chi connectivity index (χ0v) is 11.0. The summed E-state index contributed by atoms with van der Waals surface area (Å²) in [5, 5.41) is 4.04. The average molecular weight is 256 g/mol. The Hall–Kier alpha value is -0.600. The van der Waals surface area contributed by atoms with Gasteiger partial charge in [-0.1, -0.05) is 31.4 Å². The minimum atomic E-state index is -0.224. The summed E-state index contributed by atoms with van der Waals surface area (Å²) in [6, 6.07) is 4.52. The fraction of sp³-hybridized carbons (Fsp3) is 0.571. The summed E-state index contributed by atoms with van der Waals surface area (Å²) in [7, 11) is 0. The first-order valence-electron chi connectivity index (χ1n) is 6.24. The van der Waals surface area contributed by atoms with Crippen LogP contribution in [0.3, 0.4) is 0 Å². The van der Waals surface area contributed by atoms with Crippen LogP contribution < -0.4 is 5.32 Å². The Bertz CT molecular complexity index is 386. The van der Waals surface area contributed by atoms with E-state index in [-0.39, 0.29) is 5.82 Å². The maximum atomic E-state index is 13.1. The lowest BCUT2D eigenvalue weighted by Gasteiger charge is -2.24. The van der Waals surface area contributed by atoms with Gasteiger partial charge < -0.3 is 5.32 Å². The molecule has 0 bridgehead atoms. The van der Waals surface area contributed by atoms with Gasteiger partial charge in [-0.15, -0.1) is 0 Å². The molecule has 0 spiro atoms. The Balaban J connectivity index is 1.87. The van der Waals surface area contributed by atoms with E-state index in [0.717, 1.165) is 12.1 Å². The molecule has 1 fully saturated rings. The van der Waals surface area contributed by atoms with E-state index in [1.54, 1.807) is 6.07 Å². The predicted molar refractivity (Wildman–Crippen MR) is 69.7 cm³/mol. The lowest BCUT2D eigenvalue weighted by atomic mass is 9.89. The van der Waals surface area contributed by atoms with Crippen molar-refractivity contribution in [3.8, 4) is 0 Å². The highest BCUT2D eigenvalue weighted by Gasteiger charge is 2.27. The average Bonchev–Trinajstić information content (AvgIpc) is 2.71. The van der Waals surface area contributed by atoms with Gasteiger partial charge >= 0.3 is 0 Å². The topological polar surface area (TPSA) is 12.0 Å². The third-order valence-corrected chi connectivity index (χ3v) is 4.05. The van der Waals surface area contributed by atoms with Gasteiger partial charge in [0.15, 0.2) is 0 Å². The van der Waals surface area contributed by atoms with Crippen LogP contribution in [0.1, 0.15) is 38.2 Å². The normalized spacial score (nSPS) is 18.5. The maximum absolute atomic E-state index is 13.1. The Morgan fingerprint density at radius 1 is 1.35 bits per heavy atom. The first-order valence-corrected chi connectivity index (χ1v) is 6.62. The summed E-state index contributed by atoms with van der Waals surface area (Å²) < 4.78 is 13.1. The molecule has 1 aromatic rings. The van der Waals surface area contributed by atoms with Crippen LogP contribution in [0.4, 0.5) is 4.39 Å². The second-order valence-electron chi connectivity index (χ2n) is 5.36. The largest absolute Gasteiger partial charge is 0.312 e. The van der Waals surface area contributed by atoms with Crippen LogP contribution in [0.25, 0.3) is 0 Å². The molecule has 1 N–H and O–H groups in total. The minimum Gasteiger partial charge on any atom is -0.312 e. The number of hydrogen-bond acceptors (Lipinski definition) is 1. The van der Waals surface area contributed by atoms with Crippen molar-refractivity contribution >= 4 is 11.6 Å². The van der Waals surface area contributed by atoms with Crippen molar-refractivity contribution in [1.82, 2.24) is 5.32 Å². The zero-order chi connectivity index (χ0) is 12.3. The van der Waals surface area contributed by atoms with E-state index in [4.69, 9.17) is 11.6 Å². The van der Waals surface area contributed by atoms with Crippen LogP contribution in [-0.2, 0) is 6.54 Å².